The van der Waals surface area contributed by atoms with Gasteiger partial charge in [-0.1, -0.05) is 35.5 Å². The molecule has 7 nitrogen and oxygen atoms in total. The van der Waals surface area contributed by atoms with Crippen molar-refractivity contribution < 1.29 is 9.26 Å². The van der Waals surface area contributed by atoms with E-state index >= 15 is 0 Å². The first-order valence-electron chi connectivity index (χ1n) is 8.43. The van der Waals surface area contributed by atoms with Crippen LogP contribution < -0.4 is 0 Å². The maximum absolute atomic E-state index is 6.05. The third kappa shape index (κ3) is 3.47. The van der Waals surface area contributed by atoms with Crippen LogP contribution in [-0.4, -0.2) is 44.0 Å². The molecule has 0 unspecified atom stereocenters. The molecule has 0 aliphatic carbocycles. The van der Waals surface area contributed by atoms with Gasteiger partial charge in [0.25, 0.3) is 5.89 Å². The van der Waals surface area contributed by atoms with E-state index in [9.17, 15) is 0 Å². The average molecular weight is 339 g/mol. The summed E-state index contributed by atoms with van der Waals surface area (Å²) in [5.41, 5.74) is 2.09. The van der Waals surface area contributed by atoms with Gasteiger partial charge in [0.1, 0.15) is 11.8 Å². The minimum atomic E-state index is -0.196. The van der Waals surface area contributed by atoms with E-state index in [0.717, 1.165) is 25.3 Å². The Morgan fingerprint density at radius 1 is 1.16 bits per heavy atom. The molecule has 4 rings (SSSR count). The van der Waals surface area contributed by atoms with Gasteiger partial charge >= 0.3 is 0 Å². The molecule has 1 aliphatic heterocycles. The lowest BCUT2D eigenvalue weighted by molar-refractivity contribution is -0.0856. The Kier molecular flexibility index (Phi) is 4.33. The van der Waals surface area contributed by atoms with Crippen molar-refractivity contribution >= 4 is 0 Å². The largest absolute Gasteiger partial charge is 0.364 e. The maximum atomic E-state index is 6.05. The number of ether oxygens (including phenoxy) is 1. The summed E-state index contributed by atoms with van der Waals surface area (Å²) in [5, 5.41) is 8.27. The monoisotopic (exact) mass is 339 g/mol. The number of aryl methyl sites for hydroxylation is 1. The molecule has 1 fully saturated rings. The van der Waals surface area contributed by atoms with Gasteiger partial charge in [0.05, 0.1) is 6.10 Å². The highest BCUT2D eigenvalue weighted by Gasteiger charge is 2.30. The van der Waals surface area contributed by atoms with Crippen molar-refractivity contribution in [1.29, 1.82) is 0 Å². The van der Waals surface area contributed by atoms with Crippen LogP contribution in [0, 0.1) is 0 Å². The molecule has 2 aromatic heterocycles. The minimum absolute atomic E-state index is 0.112. The topological polar surface area (TPSA) is 69.2 Å². The van der Waals surface area contributed by atoms with Crippen molar-refractivity contribution in [3.63, 3.8) is 0 Å². The lowest BCUT2D eigenvalue weighted by Gasteiger charge is -2.35. The molecule has 3 heterocycles. The molecule has 0 saturated carbocycles. The van der Waals surface area contributed by atoms with Crippen LogP contribution in [0.15, 0.2) is 47.1 Å². The molecule has 1 aliphatic rings. The van der Waals surface area contributed by atoms with Crippen LogP contribution in [0.25, 0.3) is 11.6 Å². The molecule has 7 heteroatoms. The molecular weight excluding hydrogens is 318 g/mol. The van der Waals surface area contributed by atoms with Crippen LogP contribution in [0.2, 0.25) is 0 Å². The van der Waals surface area contributed by atoms with Gasteiger partial charge in [0.2, 0.25) is 5.82 Å². The normalized spacial score (nSPS) is 21.5. The molecular formula is C18H21N5O2. The van der Waals surface area contributed by atoms with Gasteiger partial charge in [-0.25, -0.2) is 0 Å². The molecule has 0 amide bonds. The summed E-state index contributed by atoms with van der Waals surface area (Å²) in [6.45, 7) is 4.59. The van der Waals surface area contributed by atoms with Gasteiger partial charge in [-0.2, -0.15) is 10.1 Å². The van der Waals surface area contributed by atoms with Crippen molar-refractivity contribution in [3.8, 4) is 11.6 Å². The highest BCUT2D eigenvalue weighted by molar-refractivity contribution is 5.45. The SMILES string of the molecule is C[C@@H]1CN(Cc2ccccc2)C[C@H](c2noc(-c3ccnn3C)n2)O1. The highest BCUT2D eigenvalue weighted by Crippen LogP contribution is 2.26. The number of benzene rings is 1. The molecule has 130 valence electrons. The van der Waals surface area contributed by atoms with E-state index in [2.05, 4.69) is 51.3 Å². The van der Waals surface area contributed by atoms with Crippen molar-refractivity contribution in [1.82, 2.24) is 24.8 Å². The third-order valence-electron chi connectivity index (χ3n) is 4.35. The summed E-state index contributed by atoms with van der Waals surface area (Å²) < 4.78 is 13.2. The minimum Gasteiger partial charge on any atom is -0.364 e. The number of hydrogen-bond acceptors (Lipinski definition) is 6. The van der Waals surface area contributed by atoms with Gasteiger partial charge in [0.15, 0.2) is 0 Å². The van der Waals surface area contributed by atoms with E-state index in [-0.39, 0.29) is 12.2 Å². The number of rotatable bonds is 4. The number of nitrogens with zero attached hydrogens (tertiary/aromatic N) is 5. The van der Waals surface area contributed by atoms with Crippen LogP contribution >= 0.6 is 0 Å². The summed E-state index contributed by atoms with van der Waals surface area (Å²) in [4.78, 5) is 6.89. The molecule has 0 N–H and O–H groups in total. The van der Waals surface area contributed by atoms with Gasteiger partial charge in [-0.3, -0.25) is 9.58 Å². The van der Waals surface area contributed by atoms with E-state index < -0.39 is 0 Å². The fourth-order valence-electron chi connectivity index (χ4n) is 3.21. The highest BCUT2D eigenvalue weighted by atomic mass is 16.5. The van der Waals surface area contributed by atoms with Gasteiger partial charge in [0, 0.05) is 32.9 Å². The smallest absolute Gasteiger partial charge is 0.276 e. The van der Waals surface area contributed by atoms with Crippen molar-refractivity contribution in [3.05, 3.63) is 54.0 Å². The number of hydrogen-bond donors (Lipinski definition) is 0. The molecule has 2 atom stereocenters. The molecule has 1 aromatic carbocycles. The fourth-order valence-corrected chi connectivity index (χ4v) is 3.21. The first-order chi connectivity index (χ1) is 12.2. The standard InChI is InChI=1S/C18H21N5O2/c1-13-10-23(11-14-6-4-3-5-7-14)12-16(24-13)17-20-18(25-21-17)15-8-9-19-22(15)2/h3-9,13,16H,10-12H2,1-2H3/t13-,16-/m1/s1. The zero-order valence-electron chi connectivity index (χ0n) is 14.4. The Morgan fingerprint density at radius 3 is 2.76 bits per heavy atom. The molecule has 0 bridgehead atoms. The van der Waals surface area contributed by atoms with Crippen molar-refractivity contribution in [2.75, 3.05) is 13.1 Å². The van der Waals surface area contributed by atoms with Gasteiger partial charge in [-0.15, -0.1) is 0 Å². The van der Waals surface area contributed by atoms with Crippen molar-refractivity contribution in [2.24, 2.45) is 7.05 Å². The average Bonchev–Trinajstić information content (AvgIpc) is 3.24. The predicted octanol–water partition coefficient (Wildman–Crippen LogP) is 2.43. The summed E-state index contributed by atoms with van der Waals surface area (Å²) in [6, 6.07) is 12.3. The number of aromatic nitrogens is 4. The Morgan fingerprint density at radius 2 is 2.00 bits per heavy atom. The predicted molar refractivity (Wildman–Crippen MR) is 91.5 cm³/mol. The van der Waals surface area contributed by atoms with Crippen LogP contribution in [0.5, 0.6) is 0 Å². The first kappa shape index (κ1) is 16.0. The summed E-state index contributed by atoms with van der Waals surface area (Å²) in [7, 11) is 1.85. The van der Waals surface area contributed by atoms with Crippen LogP contribution in [-0.2, 0) is 18.3 Å². The third-order valence-corrected chi connectivity index (χ3v) is 4.35. The van der Waals surface area contributed by atoms with E-state index in [4.69, 9.17) is 9.26 Å². The Labute approximate surface area is 146 Å². The zero-order chi connectivity index (χ0) is 17.2. The summed E-state index contributed by atoms with van der Waals surface area (Å²) >= 11 is 0. The lowest BCUT2D eigenvalue weighted by atomic mass is 10.1. The molecule has 25 heavy (non-hydrogen) atoms. The summed E-state index contributed by atoms with van der Waals surface area (Å²) in [6.07, 6.45) is 1.62. The zero-order valence-corrected chi connectivity index (χ0v) is 14.4. The number of morpholine rings is 1. The molecule has 3 aromatic rings. The Balaban J connectivity index is 1.50. The van der Waals surface area contributed by atoms with Gasteiger partial charge in [-0.05, 0) is 18.6 Å². The second-order valence-corrected chi connectivity index (χ2v) is 6.41. The Bertz CT molecular complexity index is 829. The fraction of sp³-hybridized carbons (Fsp3) is 0.389. The first-order valence-corrected chi connectivity index (χ1v) is 8.43. The van der Waals surface area contributed by atoms with Crippen LogP contribution in [0.4, 0.5) is 0 Å². The van der Waals surface area contributed by atoms with E-state index in [0.29, 0.717) is 11.7 Å². The van der Waals surface area contributed by atoms with Crippen molar-refractivity contribution in [2.45, 2.75) is 25.7 Å². The second kappa shape index (κ2) is 6.78. The van der Waals surface area contributed by atoms with E-state index in [1.807, 2.05) is 19.2 Å². The molecule has 0 spiro atoms. The lowest BCUT2D eigenvalue weighted by Crippen LogP contribution is -2.42. The van der Waals surface area contributed by atoms with E-state index in [1.54, 1.807) is 10.9 Å². The van der Waals surface area contributed by atoms with Crippen LogP contribution in [0.3, 0.4) is 0 Å². The van der Waals surface area contributed by atoms with Crippen LogP contribution in [0.1, 0.15) is 24.4 Å². The molecule has 0 radical (unpaired) electrons. The summed E-state index contributed by atoms with van der Waals surface area (Å²) in [5.74, 6) is 1.05. The quantitative estimate of drug-likeness (QED) is 0.727. The van der Waals surface area contributed by atoms with E-state index in [1.165, 1.54) is 5.56 Å². The molecule has 1 saturated heterocycles. The van der Waals surface area contributed by atoms with Gasteiger partial charge < -0.3 is 9.26 Å². The second-order valence-electron chi connectivity index (χ2n) is 6.41. The maximum Gasteiger partial charge on any atom is 0.276 e. The Hall–Kier alpha value is -2.51.